The van der Waals surface area contributed by atoms with Gasteiger partial charge in [-0.1, -0.05) is 11.6 Å². The van der Waals surface area contributed by atoms with Crippen molar-refractivity contribution >= 4 is 17.6 Å². The van der Waals surface area contributed by atoms with E-state index >= 15 is 0 Å². The lowest BCUT2D eigenvalue weighted by molar-refractivity contribution is 0.0597. The summed E-state index contributed by atoms with van der Waals surface area (Å²) in [7, 11) is 1.26. The number of aryl methyl sites for hydroxylation is 2. The Balaban J connectivity index is 2.74. The molecule has 0 saturated carbocycles. The highest BCUT2D eigenvalue weighted by Gasteiger charge is 2.18. The van der Waals surface area contributed by atoms with Crippen LogP contribution in [0.25, 0.3) is 5.69 Å². The summed E-state index contributed by atoms with van der Waals surface area (Å²) in [5.41, 5.74) is 1.65. The molecule has 0 fully saturated rings. The van der Waals surface area contributed by atoms with Crippen LogP contribution in [0.15, 0.2) is 35.1 Å². The largest absolute Gasteiger partial charge is 0.465 e. The Labute approximate surface area is 121 Å². The summed E-state index contributed by atoms with van der Waals surface area (Å²) < 4.78 is 6.14. The van der Waals surface area contributed by atoms with Gasteiger partial charge in [0.15, 0.2) is 0 Å². The fraction of sp³-hybridized carbons (Fsp3) is 0.200. The van der Waals surface area contributed by atoms with Gasteiger partial charge in [0.2, 0.25) is 0 Å². The van der Waals surface area contributed by atoms with Crippen molar-refractivity contribution in [1.29, 1.82) is 0 Å². The molecule has 0 bridgehead atoms. The van der Waals surface area contributed by atoms with Crippen LogP contribution in [-0.2, 0) is 4.74 Å². The number of benzene rings is 1. The molecule has 20 heavy (non-hydrogen) atoms. The quantitative estimate of drug-likeness (QED) is 0.799. The highest BCUT2D eigenvalue weighted by Crippen LogP contribution is 2.16. The van der Waals surface area contributed by atoms with E-state index in [1.165, 1.54) is 11.7 Å². The van der Waals surface area contributed by atoms with Gasteiger partial charge < -0.3 is 4.74 Å². The second-order valence-corrected chi connectivity index (χ2v) is 4.89. The molecule has 5 heteroatoms. The summed E-state index contributed by atoms with van der Waals surface area (Å²) in [4.78, 5) is 24.3. The van der Waals surface area contributed by atoms with Crippen LogP contribution < -0.4 is 5.56 Å². The van der Waals surface area contributed by atoms with Gasteiger partial charge >= 0.3 is 5.97 Å². The lowest BCUT2D eigenvalue weighted by Gasteiger charge is -2.13. The third kappa shape index (κ3) is 2.47. The van der Waals surface area contributed by atoms with Crippen LogP contribution in [-0.4, -0.2) is 17.6 Å². The average molecular weight is 292 g/mol. The third-order valence-corrected chi connectivity index (χ3v) is 3.32. The van der Waals surface area contributed by atoms with Crippen LogP contribution in [0.1, 0.15) is 21.6 Å². The van der Waals surface area contributed by atoms with Crippen molar-refractivity contribution in [1.82, 2.24) is 4.57 Å². The number of hydrogen-bond acceptors (Lipinski definition) is 3. The fourth-order valence-corrected chi connectivity index (χ4v) is 2.28. The number of hydrogen-bond donors (Lipinski definition) is 0. The van der Waals surface area contributed by atoms with Gasteiger partial charge in [-0.05, 0) is 49.7 Å². The summed E-state index contributed by atoms with van der Waals surface area (Å²) in [6.07, 6.45) is 0. The van der Waals surface area contributed by atoms with Crippen molar-refractivity contribution in [3.63, 3.8) is 0 Å². The predicted octanol–water partition coefficient (Wildman–Crippen LogP) is 2.89. The van der Waals surface area contributed by atoms with E-state index in [2.05, 4.69) is 4.74 Å². The average Bonchev–Trinajstić information content (AvgIpc) is 2.40. The summed E-state index contributed by atoms with van der Waals surface area (Å²) in [6, 6.07) is 8.63. The van der Waals surface area contributed by atoms with E-state index in [0.29, 0.717) is 16.3 Å². The second kappa shape index (κ2) is 5.51. The molecule has 0 saturated heterocycles. The number of carbonyl (C=O) groups excluding carboxylic acids is 1. The Morgan fingerprint density at radius 2 is 1.80 bits per heavy atom. The molecule has 1 heterocycles. The Bertz CT molecular complexity index is 717. The summed E-state index contributed by atoms with van der Waals surface area (Å²) in [6.45, 7) is 3.52. The third-order valence-electron chi connectivity index (χ3n) is 3.06. The molecular formula is C15H14ClNO3. The highest BCUT2D eigenvalue weighted by molar-refractivity contribution is 6.30. The number of nitrogens with zero attached hydrogens (tertiary/aromatic N) is 1. The van der Waals surface area contributed by atoms with E-state index in [1.54, 1.807) is 37.3 Å². The van der Waals surface area contributed by atoms with Crippen molar-refractivity contribution in [2.75, 3.05) is 7.11 Å². The summed E-state index contributed by atoms with van der Waals surface area (Å²) in [5, 5.41) is 0.583. The van der Waals surface area contributed by atoms with Crippen LogP contribution in [0.4, 0.5) is 0 Å². The molecule has 0 aliphatic carbocycles. The number of ether oxygens (including phenoxy) is 1. The molecule has 2 rings (SSSR count). The lowest BCUT2D eigenvalue weighted by atomic mass is 10.1. The van der Waals surface area contributed by atoms with Crippen molar-refractivity contribution in [3.8, 4) is 5.69 Å². The summed E-state index contributed by atoms with van der Waals surface area (Å²) >= 11 is 5.85. The number of rotatable bonds is 2. The van der Waals surface area contributed by atoms with E-state index in [9.17, 15) is 9.59 Å². The number of carbonyl (C=O) groups is 1. The van der Waals surface area contributed by atoms with Gasteiger partial charge in [-0.25, -0.2) is 4.79 Å². The molecule has 104 valence electrons. The molecule has 0 aliphatic rings. The number of methoxy groups -OCH3 is 1. The minimum Gasteiger partial charge on any atom is -0.465 e. The van der Waals surface area contributed by atoms with Gasteiger partial charge in [-0.15, -0.1) is 0 Å². The molecule has 0 radical (unpaired) electrons. The zero-order chi connectivity index (χ0) is 14.9. The number of halogens is 1. The van der Waals surface area contributed by atoms with Crippen molar-refractivity contribution in [2.45, 2.75) is 13.8 Å². The van der Waals surface area contributed by atoms with Crippen LogP contribution >= 0.6 is 11.6 Å². The van der Waals surface area contributed by atoms with Gasteiger partial charge in [-0.3, -0.25) is 9.36 Å². The van der Waals surface area contributed by atoms with E-state index in [4.69, 9.17) is 11.6 Å². The zero-order valence-corrected chi connectivity index (χ0v) is 12.2. The number of aromatic nitrogens is 1. The Morgan fingerprint density at radius 3 is 2.35 bits per heavy atom. The number of esters is 1. The van der Waals surface area contributed by atoms with E-state index in [0.717, 1.165) is 5.69 Å². The van der Waals surface area contributed by atoms with E-state index < -0.39 is 11.5 Å². The highest BCUT2D eigenvalue weighted by atomic mass is 35.5. The topological polar surface area (TPSA) is 48.3 Å². The van der Waals surface area contributed by atoms with Gasteiger partial charge in [0.1, 0.15) is 5.56 Å². The van der Waals surface area contributed by atoms with E-state index in [1.807, 2.05) is 6.92 Å². The molecule has 0 spiro atoms. The molecule has 4 nitrogen and oxygen atoms in total. The molecule has 0 N–H and O–H groups in total. The maximum Gasteiger partial charge on any atom is 0.343 e. The maximum atomic E-state index is 12.5. The number of pyridine rings is 1. The first kappa shape index (κ1) is 14.3. The first-order chi connectivity index (χ1) is 9.45. The van der Waals surface area contributed by atoms with Crippen LogP contribution in [0.5, 0.6) is 0 Å². The summed E-state index contributed by atoms with van der Waals surface area (Å²) in [5.74, 6) is -0.629. The minimum absolute atomic E-state index is 0.0491. The maximum absolute atomic E-state index is 12.5. The molecule has 0 unspecified atom stereocenters. The normalized spacial score (nSPS) is 10.4. The van der Waals surface area contributed by atoms with Gasteiger partial charge in [0.05, 0.1) is 7.11 Å². The van der Waals surface area contributed by atoms with Gasteiger partial charge in [0, 0.05) is 16.4 Å². The SMILES string of the molecule is COC(=O)c1c(C)cc(C)n(-c2ccc(Cl)cc2)c1=O. The van der Waals surface area contributed by atoms with Gasteiger partial charge in [0.25, 0.3) is 5.56 Å². The standard InChI is InChI=1S/C15H14ClNO3/c1-9-8-10(2)17(12-6-4-11(16)5-7-12)14(18)13(9)15(19)20-3/h4-8H,1-3H3. The van der Waals surface area contributed by atoms with Gasteiger partial charge in [-0.2, -0.15) is 0 Å². The molecule has 1 aromatic heterocycles. The monoisotopic (exact) mass is 291 g/mol. The molecule has 0 amide bonds. The lowest BCUT2D eigenvalue weighted by Crippen LogP contribution is -2.28. The molecule has 1 aromatic carbocycles. The Kier molecular flexibility index (Phi) is 3.95. The van der Waals surface area contributed by atoms with E-state index in [-0.39, 0.29) is 5.56 Å². The smallest absolute Gasteiger partial charge is 0.343 e. The Hall–Kier alpha value is -2.07. The molecule has 0 aliphatic heterocycles. The second-order valence-electron chi connectivity index (χ2n) is 4.45. The van der Waals surface area contributed by atoms with Crippen LogP contribution in [0.2, 0.25) is 5.02 Å². The first-order valence-corrected chi connectivity index (χ1v) is 6.41. The predicted molar refractivity (Wildman–Crippen MR) is 77.9 cm³/mol. The Morgan fingerprint density at radius 1 is 1.20 bits per heavy atom. The first-order valence-electron chi connectivity index (χ1n) is 6.03. The molecular weight excluding hydrogens is 278 g/mol. The van der Waals surface area contributed by atoms with Crippen molar-refractivity contribution < 1.29 is 9.53 Å². The van der Waals surface area contributed by atoms with Crippen LogP contribution in [0, 0.1) is 13.8 Å². The van der Waals surface area contributed by atoms with Crippen molar-refractivity contribution in [3.05, 3.63) is 62.5 Å². The fourth-order valence-electron chi connectivity index (χ4n) is 2.15. The van der Waals surface area contributed by atoms with Crippen molar-refractivity contribution in [2.24, 2.45) is 0 Å². The minimum atomic E-state index is -0.629. The molecule has 2 aromatic rings. The zero-order valence-electron chi connectivity index (χ0n) is 11.4. The molecule has 0 atom stereocenters. The van der Waals surface area contributed by atoms with Crippen LogP contribution in [0.3, 0.4) is 0 Å².